The number of rotatable bonds is 4. The van der Waals surface area contributed by atoms with Gasteiger partial charge in [0.15, 0.2) is 0 Å². The first-order chi connectivity index (χ1) is 13.1. The molecule has 0 unspecified atom stereocenters. The molecule has 0 aliphatic heterocycles. The summed E-state index contributed by atoms with van der Waals surface area (Å²) in [6, 6.07) is 10.8. The highest BCUT2D eigenvalue weighted by molar-refractivity contribution is 7.16. The van der Waals surface area contributed by atoms with Crippen molar-refractivity contribution in [2.24, 2.45) is 0 Å². The van der Waals surface area contributed by atoms with E-state index >= 15 is 0 Å². The third kappa shape index (κ3) is 3.06. The van der Waals surface area contributed by atoms with Gasteiger partial charge in [-0.3, -0.25) is 9.69 Å². The number of thiazole rings is 1. The molecule has 4 aromatic rings. The molecule has 0 N–H and O–H groups in total. The molecular formula is C20H13F2N3OS. The van der Waals surface area contributed by atoms with Gasteiger partial charge in [0.25, 0.3) is 0 Å². The van der Waals surface area contributed by atoms with Gasteiger partial charge in [-0.15, -0.1) is 11.3 Å². The van der Waals surface area contributed by atoms with Crippen LogP contribution < -0.4 is 4.90 Å². The number of pyridine rings is 1. The van der Waals surface area contributed by atoms with Crippen LogP contribution >= 0.6 is 11.3 Å². The van der Waals surface area contributed by atoms with Gasteiger partial charge in [0.2, 0.25) is 6.41 Å². The van der Waals surface area contributed by atoms with Gasteiger partial charge >= 0.3 is 0 Å². The van der Waals surface area contributed by atoms with E-state index in [4.69, 9.17) is 0 Å². The Balaban J connectivity index is 1.74. The van der Waals surface area contributed by atoms with Crippen molar-refractivity contribution in [2.45, 2.75) is 6.92 Å². The minimum atomic E-state index is -0.835. The van der Waals surface area contributed by atoms with Gasteiger partial charge in [-0.1, -0.05) is 6.07 Å². The molecule has 4 nitrogen and oxygen atoms in total. The summed E-state index contributed by atoms with van der Waals surface area (Å²) in [6.45, 7) is 1.99. The Bertz CT molecular complexity index is 1120. The molecule has 2 aromatic carbocycles. The van der Waals surface area contributed by atoms with E-state index < -0.39 is 17.3 Å². The number of carbonyl (C=O) groups excluding carboxylic acids is 1. The molecule has 0 fully saturated rings. The summed E-state index contributed by atoms with van der Waals surface area (Å²) in [6.07, 6.45) is 1.92. The van der Waals surface area contributed by atoms with Crippen LogP contribution in [0.4, 0.5) is 20.3 Å². The van der Waals surface area contributed by atoms with Gasteiger partial charge in [-0.2, -0.15) is 0 Å². The predicted molar refractivity (Wildman–Crippen MR) is 102 cm³/mol. The Hall–Kier alpha value is -3.19. The van der Waals surface area contributed by atoms with Crippen LogP contribution in [0, 0.1) is 18.6 Å². The summed E-state index contributed by atoms with van der Waals surface area (Å²) in [4.78, 5) is 20.9. The number of para-hydroxylation sites is 1. The molecule has 0 saturated carbocycles. The topological polar surface area (TPSA) is 46.1 Å². The van der Waals surface area contributed by atoms with Crippen LogP contribution in [0.15, 0.2) is 54.2 Å². The fraction of sp³-hybridized carbons (Fsp3) is 0.0500. The highest BCUT2D eigenvalue weighted by atomic mass is 32.1. The van der Waals surface area contributed by atoms with Crippen molar-refractivity contribution in [3.05, 3.63) is 71.4 Å². The third-order valence-electron chi connectivity index (χ3n) is 4.27. The number of anilines is 2. The third-order valence-corrected chi connectivity index (χ3v) is 5.06. The lowest BCUT2D eigenvalue weighted by Gasteiger charge is -2.18. The molecule has 4 rings (SSSR count). The van der Waals surface area contributed by atoms with Crippen LogP contribution in [-0.2, 0) is 4.79 Å². The second-order valence-corrected chi connectivity index (χ2v) is 6.82. The first kappa shape index (κ1) is 17.2. The Morgan fingerprint density at radius 2 is 1.85 bits per heavy atom. The van der Waals surface area contributed by atoms with Crippen molar-refractivity contribution in [2.75, 3.05) is 4.90 Å². The van der Waals surface area contributed by atoms with E-state index in [1.165, 1.54) is 6.07 Å². The van der Waals surface area contributed by atoms with Crippen molar-refractivity contribution in [3.8, 4) is 11.1 Å². The van der Waals surface area contributed by atoms with Crippen molar-refractivity contribution in [1.29, 1.82) is 0 Å². The van der Waals surface area contributed by atoms with Gasteiger partial charge < -0.3 is 0 Å². The molecule has 0 saturated heterocycles. The minimum absolute atomic E-state index is 0.130. The number of benzene rings is 2. The van der Waals surface area contributed by atoms with E-state index in [1.54, 1.807) is 35.2 Å². The molecule has 0 aliphatic carbocycles. The van der Waals surface area contributed by atoms with Crippen molar-refractivity contribution in [1.82, 2.24) is 9.97 Å². The summed E-state index contributed by atoms with van der Waals surface area (Å²) in [5.41, 5.74) is 5.09. The maximum Gasteiger partial charge on any atom is 0.220 e. The van der Waals surface area contributed by atoms with Crippen LogP contribution in [-0.4, -0.2) is 16.4 Å². The van der Waals surface area contributed by atoms with Crippen LogP contribution in [0.5, 0.6) is 0 Å². The average Bonchev–Trinajstić information content (AvgIpc) is 3.12. The largest absolute Gasteiger partial charge is 0.278 e. The summed E-state index contributed by atoms with van der Waals surface area (Å²) in [5.74, 6) is -1.54. The van der Waals surface area contributed by atoms with Crippen molar-refractivity contribution >= 4 is 39.5 Å². The molecule has 2 aromatic heterocycles. The lowest BCUT2D eigenvalue weighted by molar-refractivity contribution is -0.106. The van der Waals surface area contributed by atoms with E-state index in [-0.39, 0.29) is 5.82 Å². The van der Waals surface area contributed by atoms with Crippen LogP contribution in [0.25, 0.3) is 21.3 Å². The maximum absolute atomic E-state index is 14.0. The number of amides is 1. The van der Waals surface area contributed by atoms with Crippen molar-refractivity contribution in [3.63, 3.8) is 0 Å². The summed E-state index contributed by atoms with van der Waals surface area (Å²) in [7, 11) is 0. The molecule has 0 radical (unpaired) electrons. The Labute approximate surface area is 157 Å². The number of hydrogen-bond donors (Lipinski definition) is 0. The molecule has 7 heteroatoms. The van der Waals surface area contributed by atoms with Gasteiger partial charge in [0.1, 0.15) is 23.1 Å². The number of nitrogens with zero attached hydrogens (tertiary/aromatic N) is 3. The Kier molecular flexibility index (Phi) is 4.37. The lowest BCUT2D eigenvalue weighted by Crippen LogP contribution is -2.18. The molecule has 134 valence electrons. The molecule has 2 heterocycles. The minimum Gasteiger partial charge on any atom is -0.278 e. The first-order valence-corrected chi connectivity index (χ1v) is 8.95. The molecule has 0 spiro atoms. The van der Waals surface area contributed by atoms with Gasteiger partial charge in [0.05, 0.1) is 15.7 Å². The molecule has 0 atom stereocenters. The molecule has 27 heavy (non-hydrogen) atoms. The van der Waals surface area contributed by atoms with E-state index in [9.17, 15) is 13.6 Å². The monoisotopic (exact) mass is 381 g/mol. The standard InChI is InChI=1S/C20H13F2N3OS/c1-12-7-18-17(24-10-27-18)8-14(12)13-5-6-19(23-9-13)25(11-26)20-15(21)3-2-4-16(20)22/h2-11H,1H3. The van der Waals surface area contributed by atoms with E-state index in [0.29, 0.717) is 6.41 Å². The van der Waals surface area contributed by atoms with Gasteiger partial charge in [0, 0.05) is 11.8 Å². The van der Waals surface area contributed by atoms with Gasteiger partial charge in [-0.25, -0.2) is 18.7 Å². The fourth-order valence-electron chi connectivity index (χ4n) is 2.94. The Morgan fingerprint density at radius 3 is 2.52 bits per heavy atom. The zero-order valence-corrected chi connectivity index (χ0v) is 15.0. The predicted octanol–water partition coefficient (Wildman–Crippen LogP) is 5.24. The summed E-state index contributed by atoms with van der Waals surface area (Å²) >= 11 is 1.57. The number of aryl methyl sites for hydroxylation is 1. The summed E-state index contributed by atoms with van der Waals surface area (Å²) in [5, 5.41) is 0. The smallest absolute Gasteiger partial charge is 0.220 e. The van der Waals surface area contributed by atoms with Crippen molar-refractivity contribution < 1.29 is 13.6 Å². The SMILES string of the molecule is Cc1cc2scnc2cc1-c1ccc(N(C=O)c2c(F)cccc2F)nc1. The quantitative estimate of drug-likeness (QED) is 0.454. The molecule has 0 bridgehead atoms. The lowest BCUT2D eigenvalue weighted by atomic mass is 10.0. The van der Waals surface area contributed by atoms with E-state index in [1.807, 2.05) is 13.0 Å². The second kappa shape index (κ2) is 6.85. The maximum atomic E-state index is 14.0. The second-order valence-electron chi connectivity index (χ2n) is 5.94. The Morgan fingerprint density at radius 1 is 1.07 bits per heavy atom. The highest BCUT2D eigenvalue weighted by Crippen LogP contribution is 2.32. The molecular weight excluding hydrogens is 368 g/mol. The number of aromatic nitrogens is 2. The first-order valence-electron chi connectivity index (χ1n) is 8.07. The molecule has 1 amide bonds. The molecule has 0 aliphatic rings. The highest BCUT2D eigenvalue weighted by Gasteiger charge is 2.19. The van der Waals surface area contributed by atoms with E-state index in [2.05, 4.69) is 16.0 Å². The van der Waals surface area contributed by atoms with E-state index in [0.717, 1.165) is 43.9 Å². The zero-order chi connectivity index (χ0) is 19.0. The zero-order valence-electron chi connectivity index (χ0n) is 14.2. The summed E-state index contributed by atoms with van der Waals surface area (Å²) < 4.78 is 29.1. The van der Waals surface area contributed by atoms with Crippen LogP contribution in [0.1, 0.15) is 5.56 Å². The number of fused-ring (bicyclic) bond motifs is 1. The normalized spacial score (nSPS) is 10.9. The number of halogens is 2. The van der Waals surface area contributed by atoms with Crippen LogP contribution in [0.3, 0.4) is 0 Å². The average molecular weight is 381 g/mol. The van der Waals surface area contributed by atoms with Gasteiger partial charge in [-0.05, 0) is 54.4 Å². The number of carbonyl (C=O) groups is 1. The van der Waals surface area contributed by atoms with Crippen LogP contribution in [0.2, 0.25) is 0 Å². The fourth-order valence-corrected chi connectivity index (χ4v) is 3.70. The number of hydrogen-bond acceptors (Lipinski definition) is 4.